The summed E-state index contributed by atoms with van der Waals surface area (Å²) in [6.07, 6.45) is 14.8. The van der Waals surface area contributed by atoms with Crippen molar-refractivity contribution in [2.24, 2.45) is 5.41 Å². The van der Waals surface area contributed by atoms with E-state index in [1.165, 1.54) is 44.7 Å². The number of hydrogen-bond donors (Lipinski definition) is 0. The topological polar surface area (TPSA) is 0 Å². The predicted octanol–water partition coefficient (Wildman–Crippen LogP) is 6.45. The summed E-state index contributed by atoms with van der Waals surface area (Å²) in [4.78, 5) is 0. The molecule has 110 valence electrons. The molecule has 0 aliphatic rings. The van der Waals surface area contributed by atoms with Crippen LogP contribution in [0, 0.1) is 5.41 Å². The van der Waals surface area contributed by atoms with E-state index in [1.807, 2.05) is 0 Å². The van der Waals surface area contributed by atoms with E-state index < -0.39 is 7.26 Å². The number of rotatable bonds is 10. The molecule has 0 saturated carbocycles. The largest absolute Gasteiger partial charge is 0.0652 e. The summed E-state index contributed by atoms with van der Waals surface area (Å²) in [5.41, 5.74) is 0.531. The van der Waals surface area contributed by atoms with E-state index in [4.69, 9.17) is 0 Å². The van der Waals surface area contributed by atoms with Crippen LogP contribution in [0.5, 0.6) is 0 Å². The number of unbranched alkanes of at least 4 members (excludes halogenated alkanes) is 3. The minimum Gasteiger partial charge on any atom is -0.0652 e. The van der Waals surface area contributed by atoms with Crippen molar-refractivity contribution in [1.82, 2.24) is 0 Å². The minimum absolute atomic E-state index is 0.531. The normalized spacial score (nSPS) is 13.0. The smallest absolute Gasteiger partial charge is 0.0642 e. The molecule has 18 heavy (non-hydrogen) atoms. The monoisotopic (exact) mass is 273 g/mol. The van der Waals surface area contributed by atoms with Crippen LogP contribution >= 0.6 is 7.26 Å². The van der Waals surface area contributed by atoms with E-state index in [9.17, 15) is 0 Å². The Kier molecular flexibility index (Phi) is 9.58. The highest BCUT2D eigenvalue weighted by molar-refractivity contribution is 7.75. The van der Waals surface area contributed by atoms with Gasteiger partial charge in [-0.05, 0) is 24.7 Å². The van der Waals surface area contributed by atoms with E-state index in [0.717, 1.165) is 0 Å². The van der Waals surface area contributed by atoms with Crippen molar-refractivity contribution in [2.45, 2.75) is 80.1 Å². The van der Waals surface area contributed by atoms with Gasteiger partial charge in [-0.2, -0.15) is 0 Å². The Morgan fingerprint density at radius 2 is 1.00 bits per heavy atom. The average Bonchev–Trinajstić information content (AvgIpc) is 2.29. The van der Waals surface area contributed by atoms with Crippen molar-refractivity contribution in [3.8, 4) is 0 Å². The molecule has 0 rings (SSSR count). The Balaban J connectivity index is 4.73. The fourth-order valence-electron chi connectivity index (χ4n) is 3.06. The lowest BCUT2D eigenvalue weighted by molar-refractivity contribution is 0.473. The molecule has 0 bridgehead atoms. The Morgan fingerprint density at radius 3 is 1.22 bits per heavy atom. The summed E-state index contributed by atoms with van der Waals surface area (Å²) >= 11 is 0. The summed E-state index contributed by atoms with van der Waals surface area (Å²) in [6, 6.07) is 0. The van der Waals surface area contributed by atoms with Gasteiger partial charge in [-0.15, -0.1) is 0 Å². The molecule has 0 fully saturated rings. The van der Waals surface area contributed by atoms with Crippen LogP contribution in [0.4, 0.5) is 0 Å². The van der Waals surface area contributed by atoms with Gasteiger partial charge in [-0.1, -0.05) is 60.8 Å². The first kappa shape index (κ1) is 18.4. The van der Waals surface area contributed by atoms with Crippen molar-refractivity contribution in [2.75, 3.05) is 24.6 Å². The number of hydrogen-bond acceptors (Lipinski definition) is 0. The van der Waals surface area contributed by atoms with Gasteiger partial charge in [-0.3, -0.25) is 0 Å². The van der Waals surface area contributed by atoms with Crippen LogP contribution in [-0.2, 0) is 0 Å². The molecular weight excluding hydrogens is 235 g/mol. The molecular formula is C17H38P+. The molecule has 0 aliphatic carbocycles. The molecule has 0 spiro atoms. The molecule has 1 heteroatoms. The van der Waals surface area contributed by atoms with Crippen LogP contribution in [0.3, 0.4) is 0 Å². The first-order valence-corrected chi connectivity index (χ1v) is 10.8. The maximum Gasteiger partial charge on any atom is 0.0642 e. The zero-order valence-corrected chi connectivity index (χ0v) is 14.9. The van der Waals surface area contributed by atoms with Gasteiger partial charge in [0.05, 0.1) is 24.6 Å². The van der Waals surface area contributed by atoms with E-state index in [1.54, 1.807) is 18.5 Å². The van der Waals surface area contributed by atoms with E-state index in [-0.39, 0.29) is 0 Å². The molecule has 0 aromatic carbocycles. The van der Waals surface area contributed by atoms with E-state index in [2.05, 4.69) is 41.5 Å². The van der Waals surface area contributed by atoms with Crippen LogP contribution in [0.25, 0.3) is 0 Å². The quantitative estimate of drug-likeness (QED) is 0.401. The van der Waals surface area contributed by atoms with Crippen molar-refractivity contribution in [3.63, 3.8) is 0 Å². The fraction of sp³-hybridized carbons (Fsp3) is 1.00. The fourth-order valence-corrected chi connectivity index (χ4v) is 9.18. The highest BCUT2D eigenvalue weighted by Crippen LogP contribution is 2.63. The molecule has 0 aromatic rings. The van der Waals surface area contributed by atoms with Crippen LogP contribution in [0.1, 0.15) is 80.1 Å². The minimum atomic E-state index is -0.667. The zero-order valence-electron chi connectivity index (χ0n) is 14.0. The van der Waals surface area contributed by atoms with Crippen LogP contribution < -0.4 is 0 Å². The molecule has 0 unspecified atom stereocenters. The van der Waals surface area contributed by atoms with Gasteiger partial charge in [0.2, 0.25) is 0 Å². The highest BCUT2D eigenvalue weighted by Gasteiger charge is 2.39. The second-order valence-corrected chi connectivity index (χ2v) is 11.6. The molecule has 0 amide bonds. The highest BCUT2D eigenvalue weighted by atomic mass is 31.2. The Morgan fingerprint density at radius 1 is 0.667 bits per heavy atom. The molecule has 0 aliphatic heterocycles. The van der Waals surface area contributed by atoms with Gasteiger partial charge in [0.1, 0.15) is 0 Å². The summed E-state index contributed by atoms with van der Waals surface area (Å²) in [5, 5.41) is 0. The van der Waals surface area contributed by atoms with Gasteiger partial charge in [0.25, 0.3) is 0 Å². The van der Waals surface area contributed by atoms with E-state index in [0.29, 0.717) is 5.41 Å². The molecule has 0 atom stereocenters. The molecule has 0 aromatic heterocycles. The van der Waals surface area contributed by atoms with Crippen LogP contribution in [-0.4, -0.2) is 24.6 Å². The third-order valence-electron chi connectivity index (χ3n) is 3.77. The lowest BCUT2D eigenvalue weighted by atomic mass is 10.0. The van der Waals surface area contributed by atoms with Gasteiger partial charge in [0.15, 0.2) is 0 Å². The Hall–Kier alpha value is 0.430. The van der Waals surface area contributed by atoms with Crippen LogP contribution in [0.15, 0.2) is 0 Å². The standard InChI is InChI=1S/C17H38P/c1-7-10-13-18(14-11-8-2,15-12-9-3)16-17(4,5)6/h7-16H2,1-6H3/q+1. The van der Waals surface area contributed by atoms with Crippen molar-refractivity contribution >= 4 is 7.26 Å². The van der Waals surface area contributed by atoms with Gasteiger partial charge in [0, 0.05) is 7.26 Å². The SMILES string of the molecule is CCCC[P+](CCCC)(CCCC)CC(C)(C)C. The molecule has 0 radical (unpaired) electrons. The molecule has 0 N–H and O–H groups in total. The zero-order chi connectivity index (χ0) is 14.1. The lowest BCUT2D eigenvalue weighted by Gasteiger charge is -2.33. The summed E-state index contributed by atoms with van der Waals surface area (Å²) in [6.45, 7) is 14.4. The first-order valence-electron chi connectivity index (χ1n) is 8.24. The summed E-state index contributed by atoms with van der Waals surface area (Å²) in [7, 11) is -0.667. The van der Waals surface area contributed by atoms with E-state index >= 15 is 0 Å². The van der Waals surface area contributed by atoms with Crippen molar-refractivity contribution in [1.29, 1.82) is 0 Å². The second kappa shape index (κ2) is 9.35. The summed E-state index contributed by atoms with van der Waals surface area (Å²) < 4.78 is 0. The van der Waals surface area contributed by atoms with Gasteiger partial charge in [-0.25, -0.2) is 0 Å². The third-order valence-corrected chi connectivity index (χ3v) is 9.18. The Bertz CT molecular complexity index is 169. The van der Waals surface area contributed by atoms with Crippen molar-refractivity contribution in [3.05, 3.63) is 0 Å². The molecule has 0 nitrogen and oxygen atoms in total. The predicted molar refractivity (Wildman–Crippen MR) is 90.6 cm³/mol. The van der Waals surface area contributed by atoms with Crippen LogP contribution in [0.2, 0.25) is 0 Å². The van der Waals surface area contributed by atoms with Gasteiger partial charge < -0.3 is 0 Å². The second-order valence-electron chi connectivity index (χ2n) is 7.29. The summed E-state index contributed by atoms with van der Waals surface area (Å²) in [5.74, 6) is 0. The molecule has 0 saturated heterocycles. The lowest BCUT2D eigenvalue weighted by Crippen LogP contribution is -2.22. The average molecular weight is 273 g/mol. The maximum atomic E-state index is 2.45. The first-order chi connectivity index (χ1) is 8.39. The van der Waals surface area contributed by atoms with Gasteiger partial charge >= 0.3 is 0 Å². The third kappa shape index (κ3) is 8.52. The Labute approximate surface area is 118 Å². The maximum absolute atomic E-state index is 2.45. The molecule has 0 heterocycles. The van der Waals surface area contributed by atoms with Crippen molar-refractivity contribution < 1.29 is 0 Å².